The summed E-state index contributed by atoms with van der Waals surface area (Å²) in [5.74, 6) is 0. The van der Waals surface area contributed by atoms with E-state index < -0.39 is 0 Å². The van der Waals surface area contributed by atoms with E-state index in [9.17, 15) is 4.79 Å². The van der Waals surface area contributed by atoms with Gasteiger partial charge >= 0.3 is 0 Å². The van der Waals surface area contributed by atoms with E-state index in [1.807, 2.05) is 24.3 Å². The van der Waals surface area contributed by atoms with Crippen LogP contribution in [-0.2, 0) is 5.41 Å². The van der Waals surface area contributed by atoms with Crippen molar-refractivity contribution < 1.29 is 4.79 Å². The van der Waals surface area contributed by atoms with E-state index in [-0.39, 0.29) is 5.41 Å². The van der Waals surface area contributed by atoms with Crippen LogP contribution in [0.25, 0.3) is 38.6 Å². The SMILES string of the molecule is CC1(C)c2ccccc2-c2cc3c4ccccc4n(-c4ccc(C=O)cc4)c3cc21. The van der Waals surface area contributed by atoms with Crippen molar-refractivity contribution >= 4 is 28.1 Å². The lowest BCUT2D eigenvalue weighted by Gasteiger charge is -2.21. The minimum Gasteiger partial charge on any atom is -0.309 e. The predicted octanol–water partition coefficient (Wildman–Crippen LogP) is 6.90. The second-order valence-corrected chi connectivity index (χ2v) is 8.65. The summed E-state index contributed by atoms with van der Waals surface area (Å²) in [5, 5.41) is 2.51. The predicted molar refractivity (Wildman–Crippen MR) is 124 cm³/mol. The van der Waals surface area contributed by atoms with Crippen LogP contribution >= 0.6 is 0 Å². The summed E-state index contributed by atoms with van der Waals surface area (Å²) in [5.41, 5.74) is 9.54. The van der Waals surface area contributed by atoms with Crippen LogP contribution in [0.3, 0.4) is 0 Å². The third-order valence-electron chi connectivity index (χ3n) is 6.66. The largest absolute Gasteiger partial charge is 0.309 e. The van der Waals surface area contributed by atoms with Gasteiger partial charge in [0.2, 0.25) is 0 Å². The van der Waals surface area contributed by atoms with E-state index >= 15 is 0 Å². The molecule has 0 bridgehead atoms. The highest BCUT2D eigenvalue weighted by molar-refractivity contribution is 6.11. The molecule has 0 spiro atoms. The summed E-state index contributed by atoms with van der Waals surface area (Å²) in [6.45, 7) is 4.63. The Balaban J connectivity index is 1.74. The van der Waals surface area contributed by atoms with E-state index in [2.05, 4.69) is 79.1 Å². The molecule has 1 aliphatic carbocycles. The van der Waals surface area contributed by atoms with E-state index in [1.54, 1.807) is 0 Å². The van der Waals surface area contributed by atoms with Crippen molar-refractivity contribution in [1.82, 2.24) is 4.57 Å². The highest BCUT2D eigenvalue weighted by Crippen LogP contribution is 2.50. The third kappa shape index (κ3) is 2.16. The number of fused-ring (bicyclic) bond motifs is 6. The molecule has 0 fully saturated rings. The first-order valence-electron chi connectivity index (χ1n) is 10.3. The van der Waals surface area contributed by atoms with Gasteiger partial charge in [-0.1, -0.05) is 56.3 Å². The highest BCUT2D eigenvalue weighted by Gasteiger charge is 2.36. The van der Waals surface area contributed by atoms with Crippen molar-refractivity contribution in [3.8, 4) is 16.8 Å². The van der Waals surface area contributed by atoms with E-state index in [0.717, 1.165) is 12.0 Å². The van der Waals surface area contributed by atoms with Gasteiger partial charge in [0.25, 0.3) is 0 Å². The Morgan fingerprint density at radius 2 is 1.43 bits per heavy atom. The van der Waals surface area contributed by atoms with Crippen molar-refractivity contribution in [3.63, 3.8) is 0 Å². The molecule has 0 saturated carbocycles. The molecule has 1 heterocycles. The molecule has 144 valence electrons. The molecule has 0 radical (unpaired) electrons. The Bertz CT molecular complexity index is 1470. The fraction of sp³-hybridized carbons (Fsp3) is 0.107. The summed E-state index contributed by atoms with van der Waals surface area (Å²) in [6.07, 6.45) is 0.891. The first kappa shape index (κ1) is 17.2. The van der Waals surface area contributed by atoms with Gasteiger partial charge in [-0.2, -0.15) is 0 Å². The van der Waals surface area contributed by atoms with Crippen LogP contribution in [0.15, 0.2) is 84.9 Å². The molecule has 0 N–H and O–H groups in total. The van der Waals surface area contributed by atoms with Crippen molar-refractivity contribution in [2.45, 2.75) is 19.3 Å². The van der Waals surface area contributed by atoms with Crippen LogP contribution in [0, 0.1) is 0 Å². The number of rotatable bonds is 2. The van der Waals surface area contributed by atoms with Crippen LogP contribution in [0.1, 0.15) is 35.3 Å². The zero-order valence-electron chi connectivity index (χ0n) is 17.0. The lowest BCUT2D eigenvalue weighted by Crippen LogP contribution is -2.14. The number of aromatic nitrogens is 1. The Labute approximate surface area is 175 Å². The zero-order valence-corrected chi connectivity index (χ0v) is 17.0. The number of para-hydroxylation sites is 1. The fourth-order valence-corrected chi connectivity index (χ4v) is 5.14. The van der Waals surface area contributed by atoms with E-state index in [0.29, 0.717) is 5.56 Å². The maximum absolute atomic E-state index is 11.1. The van der Waals surface area contributed by atoms with Gasteiger partial charge in [-0.25, -0.2) is 0 Å². The van der Waals surface area contributed by atoms with E-state index in [4.69, 9.17) is 0 Å². The molecule has 4 aromatic carbocycles. The molecule has 0 unspecified atom stereocenters. The van der Waals surface area contributed by atoms with Crippen molar-refractivity contribution in [1.29, 1.82) is 0 Å². The normalized spacial score (nSPS) is 14.1. The second kappa shape index (κ2) is 5.93. The van der Waals surface area contributed by atoms with Gasteiger partial charge in [0.15, 0.2) is 0 Å². The molecule has 0 atom stereocenters. The first-order chi connectivity index (χ1) is 14.6. The Hall–Kier alpha value is -3.65. The molecule has 30 heavy (non-hydrogen) atoms. The number of carbonyl (C=O) groups excluding carboxylic acids is 1. The lowest BCUT2D eigenvalue weighted by atomic mass is 9.82. The maximum Gasteiger partial charge on any atom is 0.150 e. The van der Waals surface area contributed by atoms with Crippen LogP contribution in [0.5, 0.6) is 0 Å². The number of hydrogen-bond donors (Lipinski definition) is 0. The topological polar surface area (TPSA) is 22.0 Å². The summed E-state index contributed by atoms with van der Waals surface area (Å²) in [6, 6.07) is 29.9. The molecule has 5 aromatic rings. The number of hydrogen-bond acceptors (Lipinski definition) is 1. The molecular weight excluding hydrogens is 366 g/mol. The third-order valence-corrected chi connectivity index (χ3v) is 6.66. The Morgan fingerprint density at radius 3 is 2.23 bits per heavy atom. The number of benzene rings is 4. The number of nitrogens with zero attached hydrogens (tertiary/aromatic N) is 1. The minimum atomic E-state index is -0.0389. The quantitative estimate of drug-likeness (QED) is 0.302. The van der Waals surface area contributed by atoms with Gasteiger partial charge in [-0.05, 0) is 64.7 Å². The molecule has 1 aromatic heterocycles. The summed E-state index contributed by atoms with van der Waals surface area (Å²) >= 11 is 0. The summed E-state index contributed by atoms with van der Waals surface area (Å²) in [4.78, 5) is 11.1. The van der Waals surface area contributed by atoms with Gasteiger partial charge in [-0.3, -0.25) is 4.79 Å². The average Bonchev–Trinajstić information content (AvgIpc) is 3.22. The molecule has 1 aliphatic rings. The Morgan fingerprint density at radius 1 is 0.700 bits per heavy atom. The van der Waals surface area contributed by atoms with Crippen LogP contribution < -0.4 is 0 Å². The fourth-order valence-electron chi connectivity index (χ4n) is 5.14. The molecule has 2 nitrogen and oxygen atoms in total. The molecule has 0 amide bonds. The number of aldehydes is 1. The standard InChI is InChI=1S/C28H21NO/c1-28(2)24-9-5-3-7-20(24)22-15-23-21-8-4-6-10-26(21)29(27(23)16-25(22)28)19-13-11-18(17-30)12-14-19/h3-17H,1-2H3. The first-order valence-corrected chi connectivity index (χ1v) is 10.3. The second-order valence-electron chi connectivity index (χ2n) is 8.65. The highest BCUT2D eigenvalue weighted by atomic mass is 16.1. The molecular formula is C28H21NO. The van der Waals surface area contributed by atoms with Crippen molar-refractivity contribution in [2.24, 2.45) is 0 Å². The molecule has 0 saturated heterocycles. The lowest BCUT2D eigenvalue weighted by molar-refractivity contribution is 0.112. The average molecular weight is 387 g/mol. The van der Waals surface area contributed by atoms with Gasteiger partial charge in [0.1, 0.15) is 6.29 Å². The van der Waals surface area contributed by atoms with E-state index in [1.165, 1.54) is 44.1 Å². The summed E-state index contributed by atoms with van der Waals surface area (Å²) < 4.78 is 2.32. The van der Waals surface area contributed by atoms with Gasteiger partial charge < -0.3 is 4.57 Å². The molecule has 0 aliphatic heterocycles. The van der Waals surface area contributed by atoms with Crippen LogP contribution in [0.2, 0.25) is 0 Å². The smallest absolute Gasteiger partial charge is 0.150 e. The van der Waals surface area contributed by atoms with Crippen molar-refractivity contribution in [3.05, 3.63) is 102 Å². The summed E-state index contributed by atoms with van der Waals surface area (Å²) in [7, 11) is 0. The Kier molecular flexibility index (Phi) is 3.41. The maximum atomic E-state index is 11.1. The van der Waals surface area contributed by atoms with Crippen LogP contribution in [-0.4, -0.2) is 10.9 Å². The van der Waals surface area contributed by atoms with Crippen molar-refractivity contribution in [2.75, 3.05) is 0 Å². The molecule has 2 heteroatoms. The zero-order chi connectivity index (χ0) is 20.5. The number of carbonyl (C=O) groups is 1. The minimum absolute atomic E-state index is 0.0389. The monoisotopic (exact) mass is 387 g/mol. The van der Waals surface area contributed by atoms with Gasteiger partial charge in [-0.15, -0.1) is 0 Å². The van der Waals surface area contributed by atoms with Crippen LogP contribution in [0.4, 0.5) is 0 Å². The molecule has 6 rings (SSSR count). The van der Waals surface area contributed by atoms with Gasteiger partial charge in [0.05, 0.1) is 11.0 Å². The van der Waals surface area contributed by atoms with Gasteiger partial charge in [0, 0.05) is 27.4 Å².